The van der Waals surface area contributed by atoms with E-state index >= 15 is 0 Å². The summed E-state index contributed by atoms with van der Waals surface area (Å²) in [6.07, 6.45) is 0.658. The number of fused-ring (bicyclic) bond motifs is 3. The average molecular weight is 447 g/mol. The van der Waals surface area contributed by atoms with Gasteiger partial charge >= 0.3 is 12.1 Å². The zero-order valence-corrected chi connectivity index (χ0v) is 17.5. The number of amides is 2. The second kappa shape index (κ2) is 9.39. The first-order chi connectivity index (χ1) is 16.0. The Bertz CT molecular complexity index is 1170. The molecule has 0 fully saturated rings. The molecule has 1 aliphatic rings. The van der Waals surface area contributed by atoms with E-state index in [2.05, 4.69) is 22.4 Å². The third-order valence-electron chi connectivity index (χ3n) is 5.32. The van der Waals surface area contributed by atoms with Crippen LogP contribution in [0.25, 0.3) is 11.1 Å². The lowest BCUT2D eigenvalue weighted by Crippen LogP contribution is -2.40. The van der Waals surface area contributed by atoms with Gasteiger partial charge in [-0.15, -0.1) is 6.58 Å². The Kier molecular flexibility index (Phi) is 6.21. The summed E-state index contributed by atoms with van der Waals surface area (Å²) in [5, 5.41) is 17.4. The van der Waals surface area contributed by atoms with E-state index in [0.29, 0.717) is 0 Å². The molecule has 1 aliphatic carbocycles. The van der Waals surface area contributed by atoms with E-state index in [1.165, 1.54) is 12.1 Å². The van der Waals surface area contributed by atoms with Crippen LogP contribution < -0.4 is 10.6 Å². The Hall–Kier alpha value is -4.40. The lowest BCUT2D eigenvalue weighted by atomic mass is 9.98. The van der Waals surface area contributed by atoms with Gasteiger partial charge in [-0.2, -0.15) is 0 Å². The second-order valence-electron chi connectivity index (χ2n) is 7.42. The number of carboxylic acid groups (broad SMARTS) is 1. The number of benzene rings is 2. The summed E-state index contributed by atoms with van der Waals surface area (Å²) in [6.45, 7) is 3.57. The summed E-state index contributed by atoms with van der Waals surface area (Å²) in [5.41, 5.74) is 4.21. The molecule has 1 heterocycles. The molecule has 2 aromatic carbocycles. The molecule has 9 heteroatoms. The first kappa shape index (κ1) is 21.8. The number of hydrogen-bond donors (Lipinski definition) is 3. The zero-order valence-electron chi connectivity index (χ0n) is 17.5. The van der Waals surface area contributed by atoms with Crippen LogP contribution in [0.1, 0.15) is 34.0 Å². The van der Waals surface area contributed by atoms with Crippen molar-refractivity contribution in [2.45, 2.75) is 18.4 Å². The molecular weight excluding hydrogens is 426 g/mol. The fourth-order valence-electron chi connectivity index (χ4n) is 3.80. The smallest absolute Gasteiger partial charge is 0.414 e. The van der Waals surface area contributed by atoms with Crippen molar-refractivity contribution in [1.29, 1.82) is 0 Å². The van der Waals surface area contributed by atoms with Crippen LogP contribution in [0.4, 0.5) is 10.7 Å². The van der Waals surface area contributed by atoms with Crippen LogP contribution in [-0.4, -0.2) is 40.9 Å². The Balaban J connectivity index is 1.37. The molecule has 9 nitrogen and oxygen atoms in total. The van der Waals surface area contributed by atoms with Crippen LogP contribution >= 0.6 is 0 Å². The van der Waals surface area contributed by atoms with Crippen molar-refractivity contribution < 1.29 is 28.8 Å². The van der Waals surface area contributed by atoms with E-state index in [1.54, 1.807) is 0 Å². The number of ether oxygens (including phenoxy) is 1. The van der Waals surface area contributed by atoms with Crippen LogP contribution in [-0.2, 0) is 9.53 Å². The van der Waals surface area contributed by atoms with Crippen molar-refractivity contribution in [3.05, 3.63) is 84.1 Å². The molecule has 2 amide bonds. The second-order valence-corrected chi connectivity index (χ2v) is 7.42. The molecule has 168 valence electrons. The third kappa shape index (κ3) is 4.62. The highest BCUT2D eigenvalue weighted by atomic mass is 16.6. The summed E-state index contributed by atoms with van der Waals surface area (Å²) in [6, 6.07) is 16.0. The van der Waals surface area contributed by atoms with Gasteiger partial charge in [-0.3, -0.25) is 10.1 Å². The van der Waals surface area contributed by atoms with E-state index in [9.17, 15) is 14.4 Å². The highest BCUT2D eigenvalue weighted by Crippen LogP contribution is 2.44. The quantitative estimate of drug-likeness (QED) is 0.448. The maximum atomic E-state index is 12.3. The Labute approximate surface area is 189 Å². The minimum atomic E-state index is -1.20. The topological polar surface area (TPSA) is 131 Å². The minimum Gasteiger partial charge on any atom is -0.480 e. The Morgan fingerprint density at radius 2 is 1.76 bits per heavy atom. The minimum absolute atomic E-state index is 0.0454. The third-order valence-corrected chi connectivity index (χ3v) is 5.32. The number of carboxylic acids is 1. The summed E-state index contributed by atoms with van der Waals surface area (Å²) in [7, 11) is 0. The van der Waals surface area contributed by atoms with Gasteiger partial charge in [0.2, 0.25) is 5.88 Å². The Morgan fingerprint density at radius 3 is 2.36 bits per heavy atom. The highest BCUT2D eigenvalue weighted by molar-refractivity contribution is 5.96. The van der Waals surface area contributed by atoms with E-state index in [-0.39, 0.29) is 30.5 Å². The fourth-order valence-corrected chi connectivity index (χ4v) is 3.80. The van der Waals surface area contributed by atoms with Crippen molar-refractivity contribution in [2.75, 3.05) is 11.9 Å². The maximum absolute atomic E-state index is 12.3. The Morgan fingerprint density at radius 1 is 1.12 bits per heavy atom. The van der Waals surface area contributed by atoms with Gasteiger partial charge in [-0.05, 0) is 28.7 Å². The van der Waals surface area contributed by atoms with Crippen molar-refractivity contribution in [1.82, 2.24) is 10.5 Å². The van der Waals surface area contributed by atoms with Gasteiger partial charge in [0.25, 0.3) is 5.91 Å². The van der Waals surface area contributed by atoms with E-state index in [4.69, 9.17) is 14.4 Å². The molecule has 1 unspecified atom stereocenters. The zero-order chi connectivity index (χ0) is 23.4. The maximum Gasteiger partial charge on any atom is 0.414 e. The van der Waals surface area contributed by atoms with Crippen LogP contribution in [0.2, 0.25) is 0 Å². The SMILES string of the molecule is C=CCC(NC(=O)c1cc(NC(=O)OCC2c3ccccc3-c3ccccc32)on1)C(=O)O. The number of aliphatic carboxylic acids is 1. The van der Waals surface area contributed by atoms with Crippen LogP contribution in [0.15, 0.2) is 71.8 Å². The molecule has 0 saturated carbocycles. The van der Waals surface area contributed by atoms with E-state index in [1.807, 2.05) is 48.5 Å². The molecule has 33 heavy (non-hydrogen) atoms. The molecule has 1 atom stereocenters. The van der Waals surface area contributed by atoms with Crippen molar-refractivity contribution in [2.24, 2.45) is 0 Å². The van der Waals surface area contributed by atoms with E-state index in [0.717, 1.165) is 22.3 Å². The molecule has 3 aromatic rings. The van der Waals surface area contributed by atoms with Gasteiger partial charge in [-0.25, -0.2) is 9.59 Å². The molecular formula is C24H21N3O6. The lowest BCUT2D eigenvalue weighted by molar-refractivity contribution is -0.139. The monoisotopic (exact) mass is 447 g/mol. The predicted molar refractivity (Wildman–Crippen MR) is 119 cm³/mol. The predicted octanol–water partition coefficient (Wildman–Crippen LogP) is 3.79. The molecule has 0 radical (unpaired) electrons. The van der Waals surface area contributed by atoms with Gasteiger partial charge in [-0.1, -0.05) is 59.8 Å². The normalized spacial score (nSPS) is 12.8. The van der Waals surface area contributed by atoms with Crippen LogP contribution in [0.5, 0.6) is 0 Å². The van der Waals surface area contributed by atoms with Crippen LogP contribution in [0, 0.1) is 0 Å². The standard InChI is InChI=1S/C24H21N3O6/c1-2-7-19(23(29)30)25-22(28)20-12-21(33-27-20)26-24(31)32-13-18-16-10-5-3-8-14(16)15-9-4-6-11-17(15)18/h2-6,8-12,18-19H,1,7,13H2,(H,25,28)(H,26,31)(H,29,30). The summed E-state index contributed by atoms with van der Waals surface area (Å²) in [5.74, 6) is -2.16. The molecule has 0 bridgehead atoms. The average Bonchev–Trinajstić information content (AvgIpc) is 3.40. The fraction of sp³-hybridized carbons (Fsp3) is 0.167. The first-order valence-electron chi connectivity index (χ1n) is 10.2. The van der Waals surface area contributed by atoms with Gasteiger partial charge in [0.1, 0.15) is 12.6 Å². The summed E-state index contributed by atoms with van der Waals surface area (Å²) >= 11 is 0. The number of nitrogens with one attached hydrogen (secondary N) is 2. The molecule has 0 aliphatic heterocycles. The number of carbonyl (C=O) groups excluding carboxylic acids is 2. The first-order valence-corrected chi connectivity index (χ1v) is 10.2. The largest absolute Gasteiger partial charge is 0.480 e. The number of hydrogen-bond acceptors (Lipinski definition) is 6. The molecule has 0 saturated heterocycles. The molecule has 1 aromatic heterocycles. The number of rotatable bonds is 8. The summed E-state index contributed by atoms with van der Waals surface area (Å²) in [4.78, 5) is 35.7. The summed E-state index contributed by atoms with van der Waals surface area (Å²) < 4.78 is 10.4. The number of aromatic nitrogens is 1. The van der Waals surface area contributed by atoms with Crippen molar-refractivity contribution in [3.8, 4) is 11.1 Å². The van der Waals surface area contributed by atoms with E-state index < -0.39 is 24.0 Å². The molecule has 3 N–H and O–H groups in total. The number of carbonyl (C=O) groups is 3. The van der Waals surface area contributed by atoms with Gasteiger partial charge in [0.05, 0.1) is 0 Å². The van der Waals surface area contributed by atoms with Crippen molar-refractivity contribution in [3.63, 3.8) is 0 Å². The number of anilines is 1. The van der Waals surface area contributed by atoms with Gasteiger partial charge in [0.15, 0.2) is 5.69 Å². The lowest BCUT2D eigenvalue weighted by Gasteiger charge is -2.13. The highest BCUT2D eigenvalue weighted by Gasteiger charge is 2.29. The molecule has 0 spiro atoms. The number of nitrogens with zero attached hydrogens (tertiary/aromatic N) is 1. The molecule has 4 rings (SSSR count). The van der Waals surface area contributed by atoms with Gasteiger partial charge in [0, 0.05) is 12.0 Å². The van der Waals surface area contributed by atoms with Crippen LogP contribution in [0.3, 0.4) is 0 Å². The van der Waals surface area contributed by atoms with Crippen molar-refractivity contribution >= 4 is 23.9 Å². The van der Waals surface area contributed by atoms with Gasteiger partial charge < -0.3 is 19.7 Å².